The van der Waals surface area contributed by atoms with Crippen LogP contribution in [0.25, 0.3) is 0 Å². The number of amides is 2. The van der Waals surface area contributed by atoms with E-state index in [2.05, 4.69) is 10.4 Å². The Kier molecular flexibility index (Phi) is 7.51. The van der Waals surface area contributed by atoms with Crippen LogP contribution in [0.1, 0.15) is 37.3 Å². The monoisotopic (exact) mass is 343 g/mol. The van der Waals surface area contributed by atoms with Gasteiger partial charge < -0.3 is 16.0 Å². The first-order valence-electron chi connectivity index (χ1n) is 7.74. The van der Waals surface area contributed by atoms with Crippen molar-refractivity contribution in [2.75, 3.05) is 20.1 Å². The van der Waals surface area contributed by atoms with Crippen molar-refractivity contribution in [2.45, 2.75) is 31.7 Å². The van der Waals surface area contributed by atoms with E-state index in [-0.39, 0.29) is 30.3 Å². The smallest absolute Gasteiger partial charge is 0.244 e. The molecule has 2 heterocycles. The predicted octanol–water partition coefficient (Wildman–Crippen LogP) is 0.607. The number of halogens is 1. The quantitative estimate of drug-likeness (QED) is 0.791. The van der Waals surface area contributed by atoms with Crippen LogP contribution in [0.5, 0.6) is 0 Å². The van der Waals surface area contributed by atoms with Gasteiger partial charge in [0.25, 0.3) is 0 Å². The van der Waals surface area contributed by atoms with Gasteiger partial charge >= 0.3 is 0 Å². The highest BCUT2D eigenvalue weighted by Crippen LogP contribution is 2.24. The topological polar surface area (TPSA) is 93.2 Å². The number of likely N-dealkylation sites (N-methyl/N-ethyl adjacent to an activating group) is 1. The van der Waals surface area contributed by atoms with Gasteiger partial charge in [0, 0.05) is 38.3 Å². The van der Waals surface area contributed by atoms with E-state index in [1.54, 1.807) is 17.9 Å². The molecule has 0 spiro atoms. The van der Waals surface area contributed by atoms with Crippen LogP contribution in [0, 0.1) is 5.92 Å². The van der Waals surface area contributed by atoms with Crippen molar-refractivity contribution in [2.24, 2.45) is 18.7 Å². The molecule has 1 aromatic heterocycles. The van der Waals surface area contributed by atoms with Crippen molar-refractivity contribution in [3.63, 3.8) is 0 Å². The van der Waals surface area contributed by atoms with Gasteiger partial charge in [-0.05, 0) is 32.2 Å². The van der Waals surface area contributed by atoms with Gasteiger partial charge in [-0.25, -0.2) is 0 Å². The number of likely N-dealkylation sites (tertiary alicyclic amines) is 1. The number of primary amides is 1. The molecule has 2 amide bonds. The molecule has 130 valence electrons. The minimum atomic E-state index is -0.372. The van der Waals surface area contributed by atoms with Crippen LogP contribution in [-0.2, 0) is 16.6 Å². The Bertz CT molecular complexity index is 534. The number of carbonyl (C=O) groups excluding carboxylic acids is 2. The average molecular weight is 344 g/mol. The number of aromatic nitrogens is 2. The SMILES string of the molecule is CNC(C(=O)N1CCCC(CCC(N)=O)C1)c1cnn(C)c1.Cl. The van der Waals surface area contributed by atoms with Crippen molar-refractivity contribution in [3.05, 3.63) is 18.0 Å². The largest absolute Gasteiger partial charge is 0.370 e. The molecule has 23 heavy (non-hydrogen) atoms. The molecule has 0 aromatic carbocycles. The Morgan fingerprint density at radius 3 is 2.83 bits per heavy atom. The molecule has 0 saturated carbocycles. The summed E-state index contributed by atoms with van der Waals surface area (Å²) in [6, 6.07) is -0.372. The lowest BCUT2D eigenvalue weighted by atomic mass is 9.92. The second-order valence-corrected chi connectivity index (χ2v) is 5.97. The summed E-state index contributed by atoms with van der Waals surface area (Å²) in [7, 11) is 3.62. The van der Waals surface area contributed by atoms with Crippen LogP contribution in [0.4, 0.5) is 0 Å². The zero-order chi connectivity index (χ0) is 16.1. The maximum atomic E-state index is 12.8. The molecular weight excluding hydrogens is 318 g/mol. The van der Waals surface area contributed by atoms with Gasteiger partial charge in [-0.1, -0.05) is 0 Å². The van der Waals surface area contributed by atoms with E-state index in [1.165, 1.54) is 0 Å². The van der Waals surface area contributed by atoms with E-state index in [0.717, 1.165) is 31.4 Å². The molecule has 1 fully saturated rings. The highest BCUT2D eigenvalue weighted by Gasteiger charge is 2.29. The Labute approximate surface area is 143 Å². The molecule has 0 aliphatic carbocycles. The van der Waals surface area contributed by atoms with Gasteiger partial charge in [0.2, 0.25) is 11.8 Å². The summed E-state index contributed by atoms with van der Waals surface area (Å²) in [5.74, 6) is 0.155. The molecule has 1 aromatic rings. The molecule has 1 aliphatic heterocycles. The summed E-state index contributed by atoms with van der Waals surface area (Å²) >= 11 is 0. The van der Waals surface area contributed by atoms with Crippen LogP contribution in [0.15, 0.2) is 12.4 Å². The minimum Gasteiger partial charge on any atom is -0.370 e. The highest BCUT2D eigenvalue weighted by molar-refractivity contribution is 5.85. The Hall–Kier alpha value is -1.60. The number of hydrogen-bond acceptors (Lipinski definition) is 4. The number of nitrogens with zero attached hydrogens (tertiary/aromatic N) is 3. The first kappa shape index (κ1) is 19.4. The number of rotatable bonds is 6. The van der Waals surface area contributed by atoms with Crippen LogP contribution in [-0.4, -0.2) is 46.6 Å². The Morgan fingerprint density at radius 2 is 2.26 bits per heavy atom. The molecule has 0 radical (unpaired) electrons. The van der Waals surface area contributed by atoms with Gasteiger partial charge in [0.15, 0.2) is 0 Å². The molecule has 2 unspecified atom stereocenters. The Balaban J connectivity index is 0.00000264. The normalized spacial score (nSPS) is 19.0. The molecule has 0 bridgehead atoms. The second kappa shape index (κ2) is 8.88. The van der Waals surface area contributed by atoms with E-state index < -0.39 is 0 Å². The number of piperidine rings is 1. The lowest BCUT2D eigenvalue weighted by molar-refractivity contribution is -0.135. The molecular formula is C15H26ClN5O2. The van der Waals surface area contributed by atoms with E-state index in [0.29, 0.717) is 18.9 Å². The van der Waals surface area contributed by atoms with Crippen molar-refractivity contribution >= 4 is 24.2 Å². The highest BCUT2D eigenvalue weighted by atomic mass is 35.5. The van der Waals surface area contributed by atoms with E-state index in [9.17, 15) is 9.59 Å². The molecule has 1 aliphatic rings. The summed E-state index contributed by atoms with van der Waals surface area (Å²) < 4.78 is 1.69. The van der Waals surface area contributed by atoms with Gasteiger partial charge in [-0.3, -0.25) is 14.3 Å². The molecule has 8 heteroatoms. The number of aryl methyl sites for hydroxylation is 1. The maximum absolute atomic E-state index is 12.8. The van der Waals surface area contributed by atoms with Gasteiger partial charge in [0.1, 0.15) is 6.04 Å². The first-order valence-corrected chi connectivity index (χ1v) is 7.74. The van der Waals surface area contributed by atoms with Crippen molar-refractivity contribution in [1.29, 1.82) is 0 Å². The first-order chi connectivity index (χ1) is 10.5. The molecule has 2 rings (SSSR count). The molecule has 7 nitrogen and oxygen atoms in total. The van der Waals surface area contributed by atoms with E-state index >= 15 is 0 Å². The van der Waals surface area contributed by atoms with Crippen LogP contribution in [0.2, 0.25) is 0 Å². The fraction of sp³-hybridized carbons (Fsp3) is 0.667. The standard InChI is InChI=1S/C15H25N5O2.ClH/c1-17-14(12-8-18-19(2)10-12)15(22)20-7-3-4-11(9-20)5-6-13(16)21;/h8,10-11,14,17H,3-7,9H2,1-2H3,(H2,16,21);1H. The Morgan fingerprint density at radius 1 is 1.52 bits per heavy atom. The predicted molar refractivity (Wildman–Crippen MR) is 90.0 cm³/mol. The number of hydrogen-bond donors (Lipinski definition) is 2. The summed E-state index contributed by atoms with van der Waals surface area (Å²) in [6.07, 6.45) is 6.75. The lowest BCUT2D eigenvalue weighted by Crippen LogP contribution is -2.45. The van der Waals surface area contributed by atoms with E-state index in [1.807, 2.05) is 18.1 Å². The summed E-state index contributed by atoms with van der Waals surface area (Å²) in [4.78, 5) is 25.6. The van der Waals surface area contributed by atoms with Crippen molar-refractivity contribution in [1.82, 2.24) is 20.0 Å². The molecule has 3 N–H and O–H groups in total. The van der Waals surface area contributed by atoms with Crippen molar-refractivity contribution in [3.8, 4) is 0 Å². The minimum absolute atomic E-state index is 0. The third-order valence-electron chi connectivity index (χ3n) is 4.22. The van der Waals surface area contributed by atoms with Gasteiger partial charge in [-0.15, -0.1) is 12.4 Å². The second-order valence-electron chi connectivity index (χ2n) is 5.97. The number of nitrogens with two attached hydrogens (primary N) is 1. The number of carbonyl (C=O) groups is 2. The molecule has 1 saturated heterocycles. The third-order valence-corrected chi connectivity index (χ3v) is 4.22. The van der Waals surface area contributed by atoms with E-state index in [4.69, 9.17) is 5.73 Å². The van der Waals surface area contributed by atoms with Crippen LogP contribution in [0.3, 0.4) is 0 Å². The lowest BCUT2D eigenvalue weighted by Gasteiger charge is -2.34. The van der Waals surface area contributed by atoms with Crippen LogP contribution < -0.4 is 11.1 Å². The zero-order valence-corrected chi connectivity index (χ0v) is 14.5. The zero-order valence-electron chi connectivity index (χ0n) is 13.7. The van der Waals surface area contributed by atoms with Gasteiger partial charge in [0.05, 0.1) is 6.20 Å². The number of nitrogens with one attached hydrogen (secondary N) is 1. The summed E-state index contributed by atoms with van der Waals surface area (Å²) in [5.41, 5.74) is 6.08. The molecule has 2 atom stereocenters. The third kappa shape index (κ3) is 5.21. The van der Waals surface area contributed by atoms with Gasteiger partial charge in [-0.2, -0.15) is 5.10 Å². The summed E-state index contributed by atoms with van der Waals surface area (Å²) in [6.45, 7) is 1.47. The average Bonchev–Trinajstić information content (AvgIpc) is 2.92. The summed E-state index contributed by atoms with van der Waals surface area (Å²) in [5, 5.41) is 7.21. The maximum Gasteiger partial charge on any atom is 0.244 e. The van der Waals surface area contributed by atoms with Crippen LogP contribution >= 0.6 is 12.4 Å². The van der Waals surface area contributed by atoms with Crippen molar-refractivity contribution < 1.29 is 9.59 Å². The fourth-order valence-electron chi connectivity index (χ4n) is 3.05. The fourth-order valence-corrected chi connectivity index (χ4v) is 3.05.